The van der Waals surface area contributed by atoms with Gasteiger partial charge in [-0.25, -0.2) is 13.9 Å². The summed E-state index contributed by atoms with van der Waals surface area (Å²) < 4.78 is 14.8. The molecule has 0 spiro atoms. The SMILES string of the molecule is Cc1cc(C(C)NS(=O)C(C)(C)C)cnc1Cl. The second kappa shape index (κ2) is 5.46. The summed E-state index contributed by atoms with van der Waals surface area (Å²) in [7, 11) is -1.09. The van der Waals surface area contributed by atoms with E-state index in [9.17, 15) is 4.21 Å². The van der Waals surface area contributed by atoms with Gasteiger partial charge in [0.05, 0.1) is 15.7 Å². The van der Waals surface area contributed by atoms with Crippen molar-refractivity contribution in [2.24, 2.45) is 0 Å². The Labute approximate surface area is 111 Å². The Bertz CT molecular complexity index is 429. The summed E-state index contributed by atoms with van der Waals surface area (Å²) >= 11 is 5.87. The van der Waals surface area contributed by atoms with Crippen molar-refractivity contribution >= 4 is 22.6 Å². The number of nitrogens with zero attached hydrogens (tertiary/aromatic N) is 1. The Morgan fingerprint density at radius 1 is 1.47 bits per heavy atom. The van der Waals surface area contributed by atoms with Gasteiger partial charge in [0.25, 0.3) is 0 Å². The lowest BCUT2D eigenvalue weighted by atomic mass is 10.1. The molecule has 0 aliphatic heterocycles. The molecule has 96 valence electrons. The van der Waals surface area contributed by atoms with E-state index in [2.05, 4.69) is 9.71 Å². The molecule has 1 aromatic heterocycles. The molecule has 17 heavy (non-hydrogen) atoms. The smallest absolute Gasteiger partial charge is 0.131 e. The summed E-state index contributed by atoms with van der Waals surface area (Å²) in [6.07, 6.45) is 1.72. The van der Waals surface area contributed by atoms with E-state index < -0.39 is 11.0 Å². The van der Waals surface area contributed by atoms with Crippen molar-refractivity contribution in [3.05, 3.63) is 28.5 Å². The molecule has 5 heteroatoms. The Kier molecular flexibility index (Phi) is 4.69. The summed E-state index contributed by atoms with van der Waals surface area (Å²) in [6, 6.07) is 1.95. The maximum absolute atomic E-state index is 12.0. The monoisotopic (exact) mass is 274 g/mol. The lowest BCUT2D eigenvalue weighted by Crippen LogP contribution is -2.34. The number of nitrogens with one attached hydrogen (secondary N) is 1. The highest BCUT2D eigenvalue weighted by molar-refractivity contribution is 7.84. The van der Waals surface area contributed by atoms with E-state index in [-0.39, 0.29) is 10.8 Å². The van der Waals surface area contributed by atoms with Crippen LogP contribution in [0.5, 0.6) is 0 Å². The predicted octanol–water partition coefficient (Wildman–Crippen LogP) is 3.16. The first kappa shape index (κ1) is 14.6. The first-order valence-electron chi connectivity index (χ1n) is 5.52. The summed E-state index contributed by atoms with van der Waals surface area (Å²) in [5.74, 6) is 0. The number of halogens is 1. The molecule has 0 bridgehead atoms. The first-order valence-corrected chi connectivity index (χ1v) is 7.04. The van der Waals surface area contributed by atoms with Gasteiger partial charge in [-0.2, -0.15) is 0 Å². The van der Waals surface area contributed by atoms with Gasteiger partial charge in [-0.1, -0.05) is 11.6 Å². The fourth-order valence-corrected chi connectivity index (χ4v) is 2.14. The van der Waals surface area contributed by atoms with Crippen molar-refractivity contribution in [3.8, 4) is 0 Å². The fraction of sp³-hybridized carbons (Fsp3) is 0.583. The molecule has 0 saturated carbocycles. The molecule has 0 radical (unpaired) electrons. The van der Waals surface area contributed by atoms with Crippen molar-refractivity contribution in [2.45, 2.75) is 45.4 Å². The third-order valence-electron chi connectivity index (χ3n) is 2.38. The van der Waals surface area contributed by atoms with E-state index in [4.69, 9.17) is 11.6 Å². The summed E-state index contributed by atoms with van der Waals surface area (Å²) in [6.45, 7) is 9.69. The highest BCUT2D eigenvalue weighted by Crippen LogP contribution is 2.20. The molecule has 0 aliphatic rings. The average Bonchev–Trinajstić information content (AvgIpc) is 2.20. The van der Waals surface area contributed by atoms with Crippen LogP contribution in [-0.4, -0.2) is 13.9 Å². The van der Waals surface area contributed by atoms with Crippen molar-refractivity contribution in [1.82, 2.24) is 9.71 Å². The highest BCUT2D eigenvalue weighted by atomic mass is 35.5. The largest absolute Gasteiger partial charge is 0.244 e. The van der Waals surface area contributed by atoms with Crippen LogP contribution < -0.4 is 4.72 Å². The third kappa shape index (κ3) is 4.05. The predicted molar refractivity (Wildman–Crippen MR) is 73.4 cm³/mol. The molecule has 3 nitrogen and oxygen atoms in total. The maximum atomic E-state index is 12.0. The number of aromatic nitrogens is 1. The van der Waals surface area contributed by atoms with Crippen LogP contribution in [-0.2, 0) is 11.0 Å². The van der Waals surface area contributed by atoms with Crippen molar-refractivity contribution in [3.63, 3.8) is 0 Å². The number of hydrogen-bond acceptors (Lipinski definition) is 2. The second-order valence-corrected chi connectivity index (χ2v) is 7.45. The molecule has 0 saturated heterocycles. The van der Waals surface area contributed by atoms with Gasteiger partial charge in [-0.3, -0.25) is 0 Å². The van der Waals surface area contributed by atoms with Crippen molar-refractivity contribution < 1.29 is 4.21 Å². The Morgan fingerprint density at radius 3 is 2.53 bits per heavy atom. The zero-order valence-corrected chi connectivity index (χ0v) is 12.4. The van der Waals surface area contributed by atoms with Gasteiger partial charge in [-0.05, 0) is 51.8 Å². The molecule has 1 aromatic rings. The molecular formula is C12H19ClN2OS. The van der Waals surface area contributed by atoms with E-state index in [0.717, 1.165) is 11.1 Å². The van der Waals surface area contributed by atoms with E-state index in [0.29, 0.717) is 5.15 Å². The van der Waals surface area contributed by atoms with Crippen LogP contribution in [0, 0.1) is 6.92 Å². The lowest BCUT2D eigenvalue weighted by molar-refractivity contribution is 0.615. The number of pyridine rings is 1. The fourth-order valence-electron chi connectivity index (χ4n) is 1.22. The molecule has 2 unspecified atom stereocenters. The molecule has 2 atom stereocenters. The van der Waals surface area contributed by atoms with Gasteiger partial charge < -0.3 is 0 Å². The lowest BCUT2D eigenvalue weighted by Gasteiger charge is -2.22. The minimum atomic E-state index is -1.09. The molecule has 0 aliphatic carbocycles. The zero-order valence-electron chi connectivity index (χ0n) is 10.9. The van der Waals surface area contributed by atoms with E-state index in [1.54, 1.807) is 6.20 Å². The normalized spacial score (nSPS) is 15.6. The van der Waals surface area contributed by atoms with Crippen LogP contribution >= 0.6 is 11.6 Å². The Balaban J connectivity index is 2.80. The first-order chi connectivity index (χ1) is 7.71. The minimum absolute atomic E-state index is 0.0153. The van der Waals surface area contributed by atoms with Gasteiger partial charge in [-0.15, -0.1) is 0 Å². The van der Waals surface area contributed by atoms with Gasteiger partial charge in [0.15, 0.2) is 0 Å². The number of hydrogen-bond donors (Lipinski definition) is 1. The average molecular weight is 275 g/mol. The Morgan fingerprint density at radius 2 is 2.06 bits per heavy atom. The molecule has 0 aromatic carbocycles. The maximum Gasteiger partial charge on any atom is 0.131 e. The summed E-state index contributed by atoms with van der Waals surface area (Å²) in [5, 5.41) is 0.512. The van der Waals surface area contributed by atoms with Crippen LogP contribution in [0.4, 0.5) is 0 Å². The quantitative estimate of drug-likeness (QED) is 0.861. The van der Waals surface area contributed by atoms with Gasteiger partial charge in [0, 0.05) is 12.2 Å². The molecule has 1 N–H and O–H groups in total. The molecule has 0 fully saturated rings. The molecule has 1 heterocycles. The van der Waals surface area contributed by atoms with Gasteiger partial charge in [0.1, 0.15) is 5.15 Å². The third-order valence-corrected chi connectivity index (χ3v) is 4.45. The Hall–Kier alpha value is -0.450. The van der Waals surface area contributed by atoms with Crippen LogP contribution in [0.1, 0.15) is 44.9 Å². The second-order valence-electron chi connectivity index (χ2n) is 5.10. The van der Waals surface area contributed by atoms with E-state index >= 15 is 0 Å². The highest BCUT2D eigenvalue weighted by Gasteiger charge is 2.21. The number of aryl methyl sites for hydroxylation is 1. The van der Waals surface area contributed by atoms with E-state index in [1.165, 1.54) is 0 Å². The van der Waals surface area contributed by atoms with Gasteiger partial charge >= 0.3 is 0 Å². The molecule has 1 rings (SSSR count). The number of rotatable bonds is 3. The van der Waals surface area contributed by atoms with E-state index in [1.807, 2.05) is 40.7 Å². The van der Waals surface area contributed by atoms with Crippen LogP contribution in [0.25, 0.3) is 0 Å². The summed E-state index contributed by atoms with van der Waals surface area (Å²) in [5.41, 5.74) is 1.92. The molecular weight excluding hydrogens is 256 g/mol. The van der Waals surface area contributed by atoms with Crippen molar-refractivity contribution in [2.75, 3.05) is 0 Å². The summed E-state index contributed by atoms with van der Waals surface area (Å²) in [4.78, 5) is 4.10. The zero-order chi connectivity index (χ0) is 13.2. The topological polar surface area (TPSA) is 42.0 Å². The van der Waals surface area contributed by atoms with Crippen LogP contribution in [0.2, 0.25) is 5.15 Å². The van der Waals surface area contributed by atoms with Gasteiger partial charge in [0.2, 0.25) is 0 Å². The molecule has 0 amide bonds. The van der Waals surface area contributed by atoms with Crippen LogP contribution in [0.3, 0.4) is 0 Å². The minimum Gasteiger partial charge on any atom is -0.244 e. The standard InChI is InChI=1S/C12H19ClN2OS/c1-8-6-10(7-14-11(8)13)9(2)15-17(16)12(3,4)5/h6-7,9,15H,1-5H3. The van der Waals surface area contributed by atoms with Crippen molar-refractivity contribution in [1.29, 1.82) is 0 Å². The van der Waals surface area contributed by atoms with Crippen LogP contribution in [0.15, 0.2) is 12.3 Å².